The van der Waals surface area contributed by atoms with Crippen LogP contribution in [0.3, 0.4) is 0 Å². The molecule has 49 heavy (non-hydrogen) atoms. The molecule has 1 saturated heterocycles. The van der Waals surface area contributed by atoms with Crippen LogP contribution in [0.15, 0.2) is 103 Å². The number of nitrogens with zero attached hydrogens (tertiary/aromatic N) is 2. The fourth-order valence-corrected chi connectivity index (χ4v) is 6.10. The predicted molar refractivity (Wildman–Crippen MR) is 190 cm³/mol. The zero-order valence-electron chi connectivity index (χ0n) is 27.5. The molecule has 0 aliphatic carbocycles. The molecular weight excluding hydrogens is 618 g/mol. The number of ether oxygens (including phenoxy) is 2. The number of unbranched alkanes of at least 4 members (excludes halogenated alkanes) is 3. The topological polar surface area (TPSA) is 141 Å². The highest BCUT2D eigenvalue weighted by atomic mass is 16.7. The van der Waals surface area contributed by atoms with E-state index in [1.54, 1.807) is 12.1 Å². The average Bonchev–Trinajstić information content (AvgIpc) is 3.53. The summed E-state index contributed by atoms with van der Waals surface area (Å²) in [6.45, 7) is 0.610. The molecule has 5 N–H and O–H groups in total. The third-order valence-electron chi connectivity index (χ3n) is 8.80. The van der Waals surface area contributed by atoms with E-state index in [0.717, 1.165) is 53.4 Å². The predicted octanol–water partition coefficient (Wildman–Crippen LogP) is 7.27. The normalized spacial score (nSPS) is 17.5. The minimum absolute atomic E-state index is 0.0109. The van der Waals surface area contributed by atoms with Crippen LogP contribution in [0.2, 0.25) is 0 Å². The number of nitrogen functional groups attached to an aromatic ring is 1. The number of hydrogen-bond donors (Lipinski definition) is 4. The Morgan fingerprint density at radius 3 is 2.20 bits per heavy atom. The number of fused-ring (bicyclic) bond motifs is 1. The molecule has 2 heterocycles. The van der Waals surface area contributed by atoms with E-state index < -0.39 is 6.29 Å². The Labute approximate surface area is 286 Å². The molecule has 10 heteroatoms. The molecule has 2 amide bonds. The van der Waals surface area contributed by atoms with Crippen molar-refractivity contribution in [3.05, 3.63) is 120 Å². The summed E-state index contributed by atoms with van der Waals surface area (Å²) < 4.78 is 15.1. The molecule has 0 bridgehead atoms. The quantitative estimate of drug-likeness (QED) is 0.0724. The van der Waals surface area contributed by atoms with Gasteiger partial charge in [0.15, 0.2) is 6.29 Å². The number of carbonyl (C=O) groups excluding carboxylic acids is 2. The molecular formula is C39H43N5O5. The average molecular weight is 662 g/mol. The molecule has 0 radical (unpaired) electrons. The van der Waals surface area contributed by atoms with Gasteiger partial charge < -0.3 is 35.5 Å². The third kappa shape index (κ3) is 9.11. The lowest BCUT2D eigenvalue weighted by Crippen LogP contribution is -2.32. The number of para-hydroxylation sites is 4. The monoisotopic (exact) mass is 661 g/mol. The van der Waals surface area contributed by atoms with Crippen molar-refractivity contribution in [2.45, 2.75) is 76.6 Å². The summed E-state index contributed by atoms with van der Waals surface area (Å²) >= 11 is 0. The Morgan fingerprint density at radius 2 is 1.47 bits per heavy atom. The van der Waals surface area contributed by atoms with Crippen molar-refractivity contribution in [1.29, 1.82) is 0 Å². The Morgan fingerprint density at radius 1 is 0.796 bits per heavy atom. The van der Waals surface area contributed by atoms with E-state index >= 15 is 0 Å². The molecule has 1 aliphatic rings. The van der Waals surface area contributed by atoms with Crippen LogP contribution >= 0.6 is 0 Å². The molecule has 1 fully saturated rings. The number of amides is 2. The first kappa shape index (κ1) is 33.9. The number of aromatic nitrogens is 2. The molecule has 6 rings (SSSR count). The van der Waals surface area contributed by atoms with Crippen LogP contribution in [0.5, 0.6) is 0 Å². The lowest BCUT2D eigenvalue weighted by molar-refractivity contribution is -0.252. The minimum Gasteiger partial charge on any atom is -0.397 e. The van der Waals surface area contributed by atoms with Gasteiger partial charge in [-0.2, -0.15) is 0 Å². The fraction of sp³-hybridized carbons (Fsp3) is 0.308. The maximum atomic E-state index is 12.6. The van der Waals surface area contributed by atoms with Crippen molar-refractivity contribution in [2.24, 2.45) is 0 Å². The fourth-order valence-electron chi connectivity index (χ4n) is 6.10. The van der Waals surface area contributed by atoms with Crippen molar-refractivity contribution in [3.63, 3.8) is 0 Å². The first-order chi connectivity index (χ1) is 23.9. The summed E-state index contributed by atoms with van der Waals surface area (Å²) in [5.41, 5.74) is 12.5. The van der Waals surface area contributed by atoms with E-state index in [0.29, 0.717) is 42.9 Å². The summed E-state index contributed by atoms with van der Waals surface area (Å²) in [4.78, 5) is 29.4. The van der Waals surface area contributed by atoms with Gasteiger partial charge >= 0.3 is 0 Å². The summed E-state index contributed by atoms with van der Waals surface area (Å²) in [6.07, 6.45) is 5.61. The van der Waals surface area contributed by atoms with E-state index in [-0.39, 0.29) is 30.6 Å². The Bertz CT molecular complexity index is 1840. The SMILES string of the molecule is Nc1ccccc1NC(=O)CCCCCCC(=O)Nc1ccc(C2OC(Cn3cnc4ccccc43)CC(c3ccc(CO)cc3)O2)cc1. The van der Waals surface area contributed by atoms with Crippen molar-refractivity contribution in [3.8, 4) is 0 Å². The number of hydrogen-bond acceptors (Lipinski definition) is 7. The summed E-state index contributed by atoms with van der Waals surface area (Å²) in [5.74, 6) is -0.105. The first-order valence-electron chi connectivity index (χ1n) is 16.9. The van der Waals surface area contributed by atoms with Crippen molar-refractivity contribution >= 4 is 39.9 Å². The van der Waals surface area contributed by atoms with E-state index in [1.165, 1.54) is 0 Å². The summed E-state index contributed by atoms with van der Waals surface area (Å²) in [5, 5.41) is 15.3. The number of benzene rings is 4. The minimum atomic E-state index is -0.604. The smallest absolute Gasteiger partial charge is 0.224 e. The number of carbonyl (C=O) groups is 2. The molecule has 5 aromatic rings. The number of rotatable bonds is 14. The molecule has 1 aromatic heterocycles. The van der Waals surface area contributed by atoms with Crippen LogP contribution in [-0.4, -0.2) is 32.6 Å². The van der Waals surface area contributed by atoms with Gasteiger partial charge in [0.2, 0.25) is 11.8 Å². The molecule has 0 saturated carbocycles. The second-order valence-electron chi connectivity index (χ2n) is 12.5. The first-order valence-corrected chi connectivity index (χ1v) is 16.9. The van der Waals surface area contributed by atoms with Gasteiger partial charge in [0.25, 0.3) is 0 Å². The van der Waals surface area contributed by atoms with Crippen molar-refractivity contribution < 1.29 is 24.2 Å². The lowest BCUT2D eigenvalue weighted by Gasteiger charge is -2.36. The summed E-state index contributed by atoms with van der Waals surface area (Å²) in [7, 11) is 0. The zero-order chi connectivity index (χ0) is 34.0. The molecule has 0 spiro atoms. The highest BCUT2D eigenvalue weighted by molar-refractivity contribution is 5.93. The van der Waals surface area contributed by atoms with Crippen molar-refractivity contribution in [1.82, 2.24) is 9.55 Å². The van der Waals surface area contributed by atoms with Crippen LogP contribution in [-0.2, 0) is 32.2 Å². The Hall–Kier alpha value is -5.03. The van der Waals surface area contributed by atoms with Gasteiger partial charge in [-0.3, -0.25) is 9.59 Å². The second kappa shape index (κ2) is 16.4. The van der Waals surface area contributed by atoms with Crippen LogP contribution in [0.4, 0.5) is 17.1 Å². The maximum Gasteiger partial charge on any atom is 0.224 e. The standard InChI is InChI=1S/C39H43N5O5/c40-32-9-5-6-10-33(32)43-38(47)14-4-2-1-3-13-37(46)42-30-21-19-29(20-22-30)39-48-31(24-44-26-41-34-11-7-8-12-35(34)44)23-36(49-39)28-17-15-27(25-45)16-18-28/h5-12,15-22,26,31,36,39,45H,1-4,13-14,23-25,40H2,(H,42,46)(H,43,47). The Balaban J connectivity index is 0.999. The third-order valence-corrected chi connectivity index (χ3v) is 8.80. The van der Waals surface area contributed by atoms with Crippen LogP contribution in [0.1, 0.15) is 74.0 Å². The van der Waals surface area contributed by atoms with Gasteiger partial charge in [0.05, 0.1) is 54.1 Å². The van der Waals surface area contributed by atoms with E-state index in [9.17, 15) is 14.7 Å². The molecule has 4 aromatic carbocycles. The van der Waals surface area contributed by atoms with Gasteiger partial charge in [-0.1, -0.05) is 73.5 Å². The van der Waals surface area contributed by atoms with E-state index in [4.69, 9.17) is 15.2 Å². The highest BCUT2D eigenvalue weighted by Crippen LogP contribution is 2.39. The van der Waals surface area contributed by atoms with Gasteiger partial charge in [0.1, 0.15) is 0 Å². The highest BCUT2D eigenvalue weighted by Gasteiger charge is 2.32. The summed E-state index contributed by atoms with van der Waals surface area (Å²) in [6, 6.07) is 30.7. The number of anilines is 3. The van der Waals surface area contributed by atoms with Gasteiger partial charge in [-0.15, -0.1) is 0 Å². The van der Waals surface area contributed by atoms with Crippen LogP contribution in [0, 0.1) is 0 Å². The van der Waals surface area contributed by atoms with E-state index in [2.05, 4.69) is 26.3 Å². The second-order valence-corrected chi connectivity index (χ2v) is 12.5. The van der Waals surface area contributed by atoms with Crippen LogP contribution in [0.25, 0.3) is 11.0 Å². The van der Waals surface area contributed by atoms with E-state index in [1.807, 2.05) is 85.2 Å². The maximum absolute atomic E-state index is 12.6. The Kier molecular flexibility index (Phi) is 11.3. The number of aliphatic hydroxyl groups excluding tert-OH is 1. The lowest BCUT2D eigenvalue weighted by atomic mass is 10.00. The molecule has 254 valence electrons. The van der Waals surface area contributed by atoms with Gasteiger partial charge in [-0.25, -0.2) is 4.98 Å². The van der Waals surface area contributed by atoms with Crippen molar-refractivity contribution in [2.75, 3.05) is 16.4 Å². The number of nitrogens with two attached hydrogens (primary N) is 1. The van der Waals surface area contributed by atoms with Gasteiger partial charge in [-0.05, 0) is 60.4 Å². The molecule has 3 unspecified atom stereocenters. The molecule has 10 nitrogen and oxygen atoms in total. The number of imidazole rings is 1. The van der Waals surface area contributed by atoms with Gasteiger partial charge in [0, 0.05) is 30.5 Å². The van der Waals surface area contributed by atoms with Crippen LogP contribution < -0.4 is 16.4 Å². The number of nitrogens with one attached hydrogen (secondary N) is 2. The zero-order valence-corrected chi connectivity index (χ0v) is 27.5. The largest absolute Gasteiger partial charge is 0.397 e. The molecule has 3 atom stereocenters. The molecule has 1 aliphatic heterocycles. The number of aliphatic hydroxyl groups is 1.